The predicted octanol–water partition coefficient (Wildman–Crippen LogP) is -0.617. The highest BCUT2D eigenvalue weighted by Gasteiger charge is 1.88. The van der Waals surface area contributed by atoms with Gasteiger partial charge in [0.2, 0.25) is 0 Å². The van der Waals surface area contributed by atoms with Crippen LogP contribution in [0.5, 0.6) is 0 Å². The Balaban J connectivity index is 0. The van der Waals surface area contributed by atoms with Crippen LogP contribution in [0.4, 0.5) is 0 Å². The van der Waals surface area contributed by atoms with E-state index >= 15 is 0 Å². The number of carboxylic acid groups (broad SMARTS) is 1. The van der Waals surface area contributed by atoms with Gasteiger partial charge < -0.3 is 5.11 Å². The van der Waals surface area contributed by atoms with Crippen LogP contribution in [0.2, 0.25) is 0 Å². The zero-order valence-electron chi connectivity index (χ0n) is 5.25. The van der Waals surface area contributed by atoms with Crippen molar-refractivity contribution in [3.8, 4) is 0 Å². The lowest BCUT2D eigenvalue weighted by Crippen LogP contribution is -2.10. The van der Waals surface area contributed by atoms with E-state index in [9.17, 15) is 4.79 Å². The second kappa shape index (κ2) is 5.68. The van der Waals surface area contributed by atoms with E-state index in [0.29, 0.717) is 0 Å². The molecule has 0 aliphatic carbocycles. The molecule has 0 atom stereocenters. The largest absolute Gasteiger partial charge is 0.479 e. The Labute approximate surface area is 49.4 Å². The predicted molar refractivity (Wildman–Crippen MR) is 25.0 cm³/mol. The molecule has 5 heteroatoms. The molecule has 3 N–H and O–H groups in total. The molecule has 0 spiro atoms. The van der Waals surface area contributed by atoms with E-state index in [0.717, 1.165) is 0 Å². The first-order chi connectivity index (χ1) is 3.50. The number of carbonyl (C=O) groups is 1. The summed E-state index contributed by atoms with van der Waals surface area (Å²) in [5.41, 5.74) is 0. The molecule has 0 fully saturated rings. The average Bonchev–Trinajstić information content (AvgIpc) is 1.67. The summed E-state index contributed by atoms with van der Waals surface area (Å²) >= 11 is 0. The average molecular weight is 130 g/mol. The first-order valence-corrected chi connectivity index (χ1v) is 1.12. The molecular formula is C2H6ClNO3. The van der Waals surface area contributed by atoms with Crippen molar-refractivity contribution in [1.82, 2.24) is 0 Å². The van der Waals surface area contributed by atoms with Crippen LogP contribution in [0.15, 0.2) is 0 Å². The fourth-order valence-electron chi connectivity index (χ4n) is 0.0504. The van der Waals surface area contributed by atoms with E-state index in [-0.39, 0.29) is 12.4 Å². The highest BCUT2D eigenvalue weighted by molar-refractivity contribution is 5.85. The second-order valence-corrected chi connectivity index (χ2v) is 0.525. The number of aliphatic carboxylic acids is 1. The van der Waals surface area contributed by atoms with Gasteiger partial charge >= 0.3 is 5.97 Å². The third kappa shape index (κ3) is 10.7. The molecule has 0 saturated heterocycles. The van der Waals surface area contributed by atoms with Gasteiger partial charge in [-0.3, -0.25) is 4.84 Å². The maximum absolute atomic E-state index is 9.67. The summed E-state index contributed by atoms with van der Waals surface area (Å²) in [5.74, 6) is 2.52. The van der Waals surface area contributed by atoms with Gasteiger partial charge in [0.1, 0.15) is 0 Å². The highest BCUT2D eigenvalue weighted by Crippen LogP contribution is 1.57. The molecule has 0 amide bonds. The first kappa shape index (κ1) is 4.83. The maximum atomic E-state index is 9.67. The van der Waals surface area contributed by atoms with Crippen molar-refractivity contribution in [2.45, 2.75) is 0 Å². The minimum atomic E-state index is -2.76. The van der Waals surface area contributed by atoms with Gasteiger partial charge in [0.15, 0.2) is 6.56 Å². The van der Waals surface area contributed by atoms with Crippen LogP contribution in [0.25, 0.3) is 0 Å². The lowest BCUT2D eigenvalue weighted by atomic mass is 10.8. The normalized spacial score (nSPS) is 13.3. The van der Waals surface area contributed by atoms with Gasteiger partial charge in [-0.2, -0.15) is 0 Å². The monoisotopic (exact) mass is 129 g/mol. The number of nitrogens with two attached hydrogens (primary N) is 1. The van der Waals surface area contributed by atoms with Crippen LogP contribution in [0.1, 0.15) is 2.74 Å². The Hall–Kier alpha value is -0.320. The standard InChI is InChI=1S/C2H5NO3.ClH/c3-6-1-2(4)5;/h1,3H2,(H,4,5);1H/i1D2;. The maximum Gasteiger partial charge on any atom is 0.331 e. The molecule has 0 aromatic heterocycles. The lowest BCUT2D eigenvalue weighted by molar-refractivity contribution is -0.142. The van der Waals surface area contributed by atoms with Crippen LogP contribution >= 0.6 is 12.4 Å². The molecule has 0 saturated carbocycles. The van der Waals surface area contributed by atoms with E-state index in [1.165, 1.54) is 0 Å². The molecule has 44 valence electrons. The molecule has 0 rings (SSSR count). The van der Waals surface area contributed by atoms with Gasteiger partial charge in [0.25, 0.3) is 0 Å². The molecule has 0 bridgehead atoms. The molecule has 4 nitrogen and oxygen atoms in total. The number of hydrogen-bond acceptors (Lipinski definition) is 3. The summed E-state index contributed by atoms with van der Waals surface area (Å²) in [6, 6.07) is 0. The summed E-state index contributed by atoms with van der Waals surface area (Å²) in [6.07, 6.45) is 0. The van der Waals surface area contributed by atoms with Crippen molar-refractivity contribution < 1.29 is 17.5 Å². The summed E-state index contributed by atoms with van der Waals surface area (Å²) in [5, 5.41) is 7.86. The quantitative estimate of drug-likeness (QED) is 0.488. The lowest BCUT2D eigenvalue weighted by Gasteiger charge is -1.83. The van der Waals surface area contributed by atoms with Gasteiger partial charge in [-0.25, -0.2) is 10.7 Å². The minimum absolute atomic E-state index is 0. The van der Waals surface area contributed by atoms with Crippen molar-refractivity contribution in [2.24, 2.45) is 5.90 Å². The SMILES string of the molecule is Cl.[2H]C([2H])(ON)C(=O)O. The zero-order valence-corrected chi connectivity index (χ0v) is 4.07. The van der Waals surface area contributed by atoms with E-state index in [1.54, 1.807) is 0 Å². The topological polar surface area (TPSA) is 72.5 Å². The highest BCUT2D eigenvalue weighted by atomic mass is 35.5. The fourth-order valence-corrected chi connectivity index (χ4v) is 0.0504. The van der Waals surface area contributed by atoms with E-state index in [2.05, 4.69) is 10.7 Å². The van der Waals surface area contributed by atoms with Crippen molar-refractivity contribution in [1.29, 1.82) is 0 Å². The smallest absolute Gasteiger partial charge is 0.331 e. The van der Waals surface area contributed by atoms with E-state index < -0.39 is 12.5 Å². The minimum Gasteiger partial charge on any atom is -0.479 e. The summed E-state index contributed by atoms with van der Waals surface area (Å²) in [6.45, 7) is -2.76. The Kier molecular flexibility index (Phi) is 3.92. The van der Waals surface area contributed by atoms with Gasteiger partial charge in [-0.05, 0) is 0 Å². The summed E-state index contributed by atoms with van der Waals surface area (Å²) in [7, 11) is 0. The van der Waals surface area contributed by atoms with Crippen LogP contribution in [0.3, 0.4) is 0 Å². The van der Waals surface area contributed by atoms with Crippen LogP contribution in [-0.4, -0.2) is 17.6 Å². The fraction of sp³-hybridized carbons (Fsp3) is 0.500. The van der Waals surface area contributed by atoms with Gasteiger partial charge in [0.05, 0.1) is 2.74 Å². The zero-order chi connectivity index (χ0) is 6.78. The Morgan fingerprint density at radius 1 is 2.14 bits per heavy atom. The number of halogens is 1. The Morgan fingerprint density at radius 2 is 2.57 bits per heavy atom. The van der Waals surface area contributed by atoms with Gasteiger partial charge in [0, 0.05) is 0 Å². The van der Waals surface area contributed by atoms with Crippen molar-refractivity contribution in [2.75, 3.05) is 6.56 Å². The molecule has 0 unspecified atom stereocenters. The molecule has 0 heterocycles. The van der Waals surface area contributed by atoms with Crippen molar-refractivity contribution in [3.05, 3.63) is 0 Å². The van der Waals surface area contributed by atoms with Crippen LogP contribution in [-0.2, 0) is 9.63 Å². The summed E-state index contributed by atoms with van der Waals surface area (Å²) in [4.78, 5) is 13.1. The van der Waals surface area contributed by atoms with Crippen LogP contribution in [0, 0.1) is 0 Å². The summed E-state index contributed by atoms with van der Waals surface area (Å²) < 4.78 is 12.7. The molecular weight excluding hydrogens is 121 g/mol. The Bertz CT molecular complexity index is 108. The van der Waals surface area contributed by atoms with Gasteiger partial charge in [-0.15, -0.1) is 12.4 Å². The Morgan fingerprint density at radius 3 is 2.57 bits per heavy atom. The number of carboxylic acids is 1. The molecule has 7 heavy (non-hydrogen) atoms. The van der Waals surface area contributed by atoms with E-state index in [4.69, 9.17) is 7.85 Å². The molecule has 0 aliphatic rings. The van der Waals surface area contributed by atoms with E-state index in [1.807, 2.05) is 0 Å². The van der Waals surface area contributed by atoms with Gasteiger partial charge in [-0.1, -0.05) is 0 Å². The number of rotatable bonds is 2. The molecule has 0 aromatic rings. The molecule has 0 aromatic carbocycles. The molecule has 0 radical (unpaired) electrons. The van der Waals surface area contributed by atoms with Crippen LogP contribution < -0.4 is 5.90 Å². The van der Waals surface area contributed by atoms with Crippen molar-refractivity contribution in [3.63, 3.8) is 0 Å². The number of hydrogen-bond donors (Lipinski definition) is 2. The molecule has 0 aliphatic heterocycles. The third-order valence-electron chi connectivity index (χ3n) is 0.146. The third-order valence-corrected chi connectivity index (χ3v) is 0.146. The van der Waals surface area contributed by atoms with Crippen molar-refractivity contribution >= 4 is 18.4 Å². The second-order valence-electron chi connectivity index (χ2n) is 0.525. The first-order valence-electron chi connectivity index (χ1n) is 2.12.